The van der Waals surface area contributed by atoms with Crippen LogP contribution in [0.3, 0.4) is 0 Å². The number of hydrogen-bond acceptors (Lipinski definition) is 4. The number of nitrogens with zero attached hydrogens (tertiary/aromatic N) is 3. The van der Waals surface area contributed by atoms with Gasteiger partial charge < -0.3 is 5.32 Å². The van der Waals surface area contributed by atoms with Gasteiger partial charge in [0.2, 0.25) is 0 Å². The molecule has 0 atom stereocenters. The Balaban J connectivity index is 1.86. The third-order valence-electron chi connectivity index (χ3n) is 3.73. The van der Waals surface area contributed by atoms with Crippen molar-refractivity contribution in [1.82, 2.24) is 14.8 Å². The largest absolute Gasteiger partial charge is 0.370 e. The van der Waals surface area contributed by atoms with Crippen molar-refractivity contribution in [2.45, 2.75) is 33.4 Å². The van der Waals surface area contributed by atoms with E-state index in [0.717, 1.165) is 32.0 Å². The smallest absolute Gasteiger partial charge is 0.126 e. The topological polar surface area (TPSA) is 31.4 Å². The van der Waals surface area contributed by atoms with E-state index in [-0.39, 0.29) is 0 Å². The van der Waals surface area contributed by atoms with Crippen LogP contribution in [-0.4, -0.2) is 53.5 Å². The Morgan fingerprint density at radius 2 is 2.00 bits per heavy atom. The van der Waals surface area contributed by atoms with E-state index in [0.29, 0.717) is 6.04 Å². The zero-order valence-electron chi connectivity index (χ0n) is 12.4. The van der Waals surface area contributed by atoms with E-state index in [9.17, 15) is 0 Å². The van der Waals surface area contributed by atoms with Crippen LogP contribution >= 0.6 is 0 Å². The normalized spacial score (nSPS) is 17.9. The SMILES string of the molecule is CCNc1cc(CN2CCN(C(C)C)CC2)ccn1. The van der Waals surface area contributed by atoms with Gasteiger partial charge in [-0.1, -0.05) is 0 Å². The van der Waals surface area contributed by atoms with Crippen LogP contribution in [0.25, 0.3) is 0 Å². The molecule has 0 aliphatic carbocycles. The summed E-state index contributed by atoms with van der Waals surface area (Å²) in [4.78, 5) is 9.40. The molecular weight excluding hydrogens is 236 g/mol. The highest BCUT2D eigenvalue weighted by molar-refractivity contribution is 5.37. The van der Waals surface area contributed by atoms with E-state index < -0.39 is 0 Å². The molecule has 1 aliphatic heterocycles. The molecule has 0 radical (unpaired) electrons. The summed E-state index contributed by atoms with van der Waals surface area (Å²) >= 11 is 0. The Hall–Kier alpha value is -1.13. The van der Waals surface area contributed by atoms with Gasteiger partial charge in [0.25, 0.3) is 0 Å². The molecule has 1 aromatic rings. The quantitative estimate of drug-likeness (QED) is 0.880. The molecule has 0 aromatic carbocycles. The van der Waals surface area contributed by atoms with Gasteiger partial charge in [-0.25, -0.2) is 4.98 Å². The summed E-state index contributed by atoms with van der Waals surface area (Å²) in [5.74, 6) is 0.987. The summed E-state index contributed by atoms with van der Waals surface area (Å²) in [6, 6.07) is 4.96. The summed E-state index contributed by atoms with van der Waals surface area (Å²) in [6.07, 6.45) is 1.90. The van der Waals surface area contributed by atoms with E-state index in [1.54, 1.807) is 0 Å². The fourth-order valence-electron chi connectivity index (χ4n) is 2.55. The number of nitrogens with one attached hydrogen (secondary N) is 1. The van der Waals surface area contributed by atoms with Gasteiger partial charge >= 0.3 is 0 Å². The predicted molar refractivity (Wildman–Crippen MR) is 80.4 cm³/mol. The summed E-state index contributed by atoms with van der Waals surface area (Å²) in [6.45, 7) is 13.3. The van der Waals surface area contributed by atoms with Crippen LogP contribution in [0.15, 0.2) is 18.3 Å². The maximum absolute atomic E-state index is 4.32. The minimum atomic E-state index is 0.670. The average Bonchev–Trinajstić information content (AvgIpc) is 2.40. The van der Waals surface area contributed by atoms with Gasteiger partial charge in [0.1, 0.15) is 5.82 Å². The first-order chi connectivity index (χ1) is 9.19. The van der Waals surface area contributed by atoms with Gasteiger partial charge in [0.15, 0.2) is 0 Å². The first kappa shape index (κ1) is 14.3. The fourth-order valence-corrected chi connectivity index (χ4v) is 2.55. The average molecular weight is 262 g/mol. The molecule has 106 valence electrons. The second kappa shape index (κ2) is 6.87. The molecule has 19 heavy (non-hydrogen) atoms. The van der Waals surface area contributed by atoms with Crippen LogP contribution in [0.4, 0.5) is 5.82 Å². The molecule has 1 aliphatic rings. The van der Waals surface area contributed by atoms with Crippen molar-refractivity contribution >= 4 is 5.82 Å². The van der Waals surface area contributed by atoms with Crippen LogP contribution in [0.2, 0.25) is 0 Å². The predicted octanol–water partition coefficient (Wildman–Crippen LogP) is 2.04. The van der Waals surface area contributed by atoms with Crippen molar-refractivity contribution in [2.24, 2.45) is 0 Å². The van der Waals surface area contributed by atoms with Gasteiger partial charge in [0.05, 0.1) is 0 Å². The Labute approximate surface area is 116 Å². The van der Waals surface area contributed by atoms with Gasteiger partial charge in [-0.2, -0.15) is 0 Å². The number of hydrogen-bond donors (Lipinski definition) is 1. The van der Waals surface area contributed by atoms with Crippen LogP contribution in [0, 0.1) is 0 Å². The molecule has 0 spiro atoms. The lowest BCUT2D eigenvalue weighted by Gasteiger charge is -2.36. The summed E-state index contributed by atoms with van der Waals surface area (Å²) in [5.41, 5.74) is 1.35. The molecule has 0 amide bonds. The van der Waals surface area contributed by atoms with E-state index in [2.05, 4.69) is 53.0 Å². The van der Waals surface area contributed by atoms with Crippen molar-refractivity contribution in [3.05, 3.63) is 23.9 Å². The van der Waals surface area contributed by atoms with Crippen molar-refractivity contribution in [3.63, 3.8) is 0 Å². The van der Waals surface area contributed by atoms with Gasteiger partial charge in [-0.15, -0.1) is 0 Å². The molecule has 2 heterocycles. The Bertz CT molecular complexity index is 383. The minimum Gasteiger partial charge on any atom is -0.370 e. The van der Waals surface area contributed by atoms with Crippen molar-refractivity contribution in [2.75, 3.05) is 38.0 Å². The first-order valence-electron chi connectivity index (χ1n) is 7.34. The molecule has 1 N–H and O–H groups in total. The third kappa shape index (κ3) is 4.18. The highest BCUT2D eigenvalue weighted by Gasteiger charge is 2.18. The van der Waals surface area contributed by atoms with E-state index in [1.807, 2.05) is 6.20 Å². The van der Waals surface area contributed by atoms with Crippen LogP contribution in [-0.2, 0) is 6.54 Å². The fraction of sp³-hybridized carbons (Fsp3) is 0.667. The van der Waals surface area contributed by atoms with Gasteiger partial charge in [0, 0.05) is 51.5 Å². The highest BCUT2D eigenvalue weighted by Crippen LogP contribution is 2.12. The molecular formula is C15H26N4. The van der Waals surface area contributed by atoms with Gasteiger partial charge in [-0.3, -0.25) is 9.80 Å². The molecule has 0 bridgehead atoms. The molecule has 1 fully saturated rings. The Morgan fingerprint density at radius 1 is 1.26 bits per heavy atom. The zero-order chi connectivity index (χ0) is 13.7. The zero-order valence-corrected chi connectivity index (χ0v) is 12.4. The molecule has 0 saturated carbocycles. The lowest BCUT2D eigenvalue weighted by molar-refractivity contribution is 0.104. The monoisotopic (exact) mass is 262 g/mol. The Morgan fingerprint density at radius 3 is 2.63 bits per heavy atom. The maximum Gasteiger partial charge on any atom is 0.126 e. The summed E-state index contributed by atoms with van der Waals surface area (Å²) < 4.78 is 0. The van der Waals surface area contributed by atoms with Crippen molar-refractivity contribution < 1.29 is 0 Å². The standard InChI is InChI=1S/C15H26N4/c1-4-16-15-11-14(5-6-17-15)12-18-7-9-19(10-8-18)13(2)3/h5-6,11,13H,4,7-10,12H2,1-3H3,(H,16,17). The number of piperazine rings is 1. The first-order valence-corrected chi connectivity index (χ1v) is 7.34. The second-order valence-corrected chi connectivity index (χ2v) is 5.49. The molecule has 1 saturated heterocycles. The number of aromatic nitrogens is 1. The van der Waals surface area contributed by atoms with E-state index in [1.165, 1.54) is 18.7 Å². The summed E-state index contributed by atoms with van der Waals surface area (Å²) in [7, 11) is 0. The lowest BCUT2D eigenvalue weighted by atomic mass is 10.2. The van der Waals surface area contributed by atoms with Crippen LogP contribution in [0.5, 0.6) is 0 Å². The number of pyridine rings is 1. The number of rotatable bonds is 5. The van der Waals surface area contributed by atoms with Crippen molar-refractivity contribution in [3.8, 4) is 0 Å². The summed E-state index contributed by atoms with van der Waals surface area (Å²) in [5, 5.41) is 3.27. The van der Waals surface area contributed by atoms with E-state index >= 15 is 0 Å². The maximum atomic E-state index is 4.32. The van der Waals surface area contributed by atoms with E-state index in [4.69, 9.17) is 0 Å². The van der Waals surface area contributed by atoms with Crippen LogP contribution < -0.4 is 5.32 Å². The molecule has 2 rings (SSSR count). The lowest BCUT2D eigenvalue weighted by Crippen LogP contribution is -2.48. The number of anilines is 1. The van der Waals surface area contributed by atoms with Crippen molar-refractivity contribution in [1.29, 1.82) is 0 Å². The molecule has 4 nitrogen and oxygen atoms in total. The highest BCUT2D eigenvalue weighted by atomic mass is 15.3. The molecule has 4 heteroatoms. The molecule has 0 unspecified atom stereocenters. The minimum absolute atomic E-state index is 0.670. The third-order valence-corrected chi connectivity index (χ3v) is 3.73. The van der Waals surface area contributed by atoms with Gasteiger partial charge in [-0.05, 0) is 38.5 Å². The molecule has 1 aromatic heterocycles. The second-order valence-electron chi connectivity index (χ2n) is 5.49. The van der Waals surface area contributed by atoms with Crippen LogP contribution in [0.1, 0.15) is 26.3 Å². The Kier molecular flexibility index (Phi) is 5.16.